The molecule has 2 unspecified atom stereocenters. The first-order chi connectivity index (χ1) is 8.67. The van der Waals surface area contributed by atoms with E-state index in [1.165, 1.54) is 37.0 Å². The summed E-state index contributed by atoms with van der Waals surface area (Å²) in [5.41, 5.74) is 0. The molecule has 2 atom stereocenters. The van der Waals surface area contributed by atoms with Crippen molar-refractivity contribution in [1.82, 2.24) is 0 Å². The maximum absolute atomic E-state index is 6.61. The molecule has 1 aromatic carbocycles. The Morgan fingerprint density at radius 3 is 2.50 bits per heavy atom. The van der Waals surface area contributed by atoms with Crippen molar-refractivity contribution in [3.63, 3.8) is 0 Å². The first kappa shape index (κ1) is 13.1. The summed E-state index contributed by atoms with van der Waals surface area (Å²) >= 11 is 15.1. The number of alkyl halides is 2. The molecule has 2 fully saturated rings. The fourth-order valence-corrected chi connectivity index (χ4v) is 6.15. The topological polar surface area (TPSA) is 0 Å². The van der Waals surface area contributed by atoms with Crippen molar-refractivity contribution < 1.29 is 0 Å². The summed E-state index contributed by atoms with van der Waals surface area (Å²) in [6, 6.07) is 10.6. The Labute approximate surface area is 123 Å². The minimum atomic E-state index is -0.516. The Morgan fingerprint density at radius 2 is 1.72 bits per heavy atom. The summed E-state index contributed by atoms with van der Waals surface area (Å²) in [5, 5.41) is 0. The molecule has 98 valence electrons. The number of rotatable bonds is 2. The standard InChI is InChI=1S/C15H18Cl2S/c16-15(17)13-10-6-1-2-7-11-14(13,15)18-12-8-4-3-5-9-12/h3-5,8-9,13H,1-2,6-7,10-11H2. The lowest BCUT2D eigenvalue weighted by atomic mass is 10.0. The van der Waals surface area contributed by atoms with Crippen LogP contribution in [0.1, 0.15) is 38.5 Å². The number of hydrogen-bond donors (Lipinski definition) is 0. The van der Waals surface area contributed by atoms with Gasteiger partial charge in [-0.15, -0.1) is 11.8 Å². The van der Waals surface area contributed by atoms with Gasteiger partial charge in [-0.2, -0.15) is 0 Å². The average molecular weight is 301 g/mol. The second kappa shape index (κ2) is 4.92. The van der Waals surface area contributed by atoms with Gasteiger partial charge in [0.05, 0.1) is 4.75 Å². The Bertz CT molecular complexity index is 418. The van der Waals surface area contributed by atoms with Gasteiger partial charge >= 0.3 is 0 Å². The lowest BCUT2D eigenvalue weighted by molar-refractivity contribution is 0.503. The molecule has 2 aliphatic rings. The van der Waals surface area contributed by atoms with Gasteiger partial charge in [-0.1, -0.05) is 67.1 Å². The van der Waals surface area contributed by atoms with Crippen LogP contribution in [0.25, 0.3) is 0 Å². The lowest BCUT2D eigenvalue weighted by Gasteiger charge is -2.20. The van der Waals surface area contributed by atoms with E-state index >= 15 is 0 Å². The summed E-state index contributed by atoms with van der Waals surface area (Å²) in [4.78, 5) is 1.30. The smallest absolute Gasteiger partial charge is 0.116 e. The third-order valence-corrected chi connectivity index (χ3v) is 7.42. The molecular weight excluding hydrogens is 283 g/mol. The summed E-state index contributed by atoms with van der Waals surface area (Å²) < 4.78 is -0.449. The van der Waals surface area contributed by atoms with E-state index in [0.717, 1.165) is 6.42 Å². The molecule has 0 aliphatic heterocycles. The van der Waals surface area contributed by atoms with E-state index < -0.39 is 4.33 Å². The molecule has 2 saturated carbocycles. The molecule has 3 heteroatoms. The van der Waals surface area contributed by atoms with Gasteiger partial charge in [0, 0.05) is 10.8 Å². The molecule has 18 heavy (non-hydrogen) atoms. The predicted octanol–water partition coefficient (Wildman–Crippen LogP) is 5.68. The molecule has 0 amide bonds. The van der Waals surface area contributed by atoms with Gasteiger partial charge in [0.2, 0.25) is 0 Å². The zero-order valence-corrected chi connectivity index (χ0v) is 12.7. The normalized spacial score (nSPS) is 34.2. The molecule has 0 bridgehead atoms. The maximum Gasteiger partial charge on any atom is 0.137 e. The molecule has 0 heterocycles. The highest BCUT2D eigenvalue weighted by molar-refractivity contribution is 8.01. The van der Waals surface area contributed by atoms with E-state index in [4.69, 9.17) is 23.2 Å². The fraction of sp³-hybridized carbons (Fsp3) is 0.600. The van der Waals surface area contributed by atoms with Gasteiger partial charge in [-0.25, -0.2) is 0 Å². The summed E-state index contributed by atoms with van der Waals surface area (Å²) in [6.07, 6.45) is 7.55. The van der Waals surface area contributed by atoms with Crippen LogP contribution in [-0.2, 0) is 0 Å². The van der Waals surface area contributed by atoms with Crippen molar-refractivity contribution in [2.45, 2.75) is 52.5 Å². The van der Waals surface area contributed by atoms with Gasteiger partial charge in [-0.05, 0) is 25.0 Å². The second-order valence-corrected chi connectivity index (χ2v) is 8.22. The van der Waals surface area contributed by atoms with Gasteiger partial charge < -0.3 is 0 Å². The fourth-order valence-electron chi connectivity index (χ4n) is 3.24. The third kappa shape index (κ3) is 2.09. The van der Waals surface area contributed by atoms with Crippen molar-refractivity contribution >= 4 is 35.0 Å². The summed E-state index contributed by atoms with van der Waals surface area (Å²) in [7, 11) is 0. The molecule has 3 rings (SSSR count). The number of hydrogen-bond acceptors (Lipinski definition) is 1. The minimum Gasteiger partial charge on any atom is -0.116 e. The summed E-state index contributed by atoms with van der Waals surface area (Å²) in [5.74, 6) is 0.471. The van der Waals surface area contributed by atoms with Crippen LogP contribution in [0.5, 0.6) is 0 Å². The van der Waals surface area contributed by atoms with Crippen LogP contribution in [0.3, 0.4) is 0 Å². The third-order valence-electron chi connectivity index (χ3n) is 4.32. The zero-order valence-electron chi connectivity index (χ0n) is 10.4. The highest BCUT2D eigenvalue weighted by Crippen LogP contribution is 2.74. The van der Waals surface area contributed by atoms with Gasteiger partial charge in [-0.3, -0.25) is 0 Å². The largest absolute Gasteiger partial charge is 0.137 e. The van der Waals surface area contributed by atoms with E-state index in [1.54, 1.807) is 0 Å². The van der Waals surface area contributed by atoms with Crippen LogP contribution >= 0.6 is 35.0 Å². The van der Waals surface area contributed by atoms with E-state index in [2.05, 4.69) is 30.3 Å². The number of halogens is 2. The molecule has 1 aromatic rings. The van der Waals surface area contributed by atoms with Crippen molar-refractivity contribution in [2.75, 3.05) is 0 Å². The van der Waals surface area contributed by atoms with Crippen molar-refractivity contribution in [2.24, 2.45) is 5.92 Å². The van der Waals surface area contributed by atoms with E-state index in [9.17, 15) is 0 Å². The predicted molar refractivity (Wildman–Crippen MR) is 80.7 cm³/mol. The van der Waals surface area contributed by atoms with Gasteiger partial charge in [0.15, 0.2) is 0 Å². The zero-order chi connectivity index (χ0) is 12.6. The van der Waals surface area contributed by atoms with Crippen LogP contribution in [0.4, 0.5) is 0 Å². The average Bonchev–Trinajstić information content (AvgIpc) is 2.75. The molecular formula is C15H18Cl2S. The van der Waals surface area contributed by atoms with Crippen LogP contribution in [-0.4, -0.2) is 9.08 Å². The van der Waals surface area contributed by atoms with E-state index in [0.29, 0.717) is 5.92 Å². The highest BCUT2D eigenvalue weighted by atomic mass is 35.5. The maximum atomic E-state index is 6.61. The quantitative estimate of drug-likeness (QED) is 0.634. The first-order valence-corrected chi connectivity index (χ1v) is 8.36. The van der Waals surface area contributed by atoms with Crippen molar-refractivity contribution in [3.05, 3.63) is 30.3 Å². The molecule has 0 aromatic heterocycles. The van der Waals surface area contributed by atoms with Crippen molar-refractivity contribution in [3.8, 4) is 0 Å². The molecule has 0 saturated heterocycles. The molecule has 0 radical (unpaired) electrons. The highest BCUT2D eigenvalue weighted by Gasteiger charge is 2.75. The van der Waals surface area contributed by atoms with Crippen LogP contribution in [0.2, 0.25) is 0 Å². The lowest BCUT2D eigenvalue weighted by Crippen LogP contribution is -2.14. The van der Waals surface area contributed by atoms with Gasteiger partial charge in [0.25, 0.3) is 0 Å². The molecule has 0 nitrogen and oxygen atoms in total. The van der Waals surface area contributed by atoms with E-state index in [1.807, 2.05) is 11.8 Å². The Morgan fingerprint density at radius 1 is 1.00 bits per heavy atom. The number of benzene rings is 1. The molecule has 2 aliphatic carbocycles. The second-order valence-electron chi connectivity index (χ2n) is 5.43. The number of thioether (sulfide) groups is 1. The molecule has 0 N–H and O–H groups in total. The Kier molecular flexibility index (Phi) is 3.59. The SMILES string of the molecule is ClC1(Cl)C2CCCCCCC21Sc1ccccc1. The van der Waals surface area contributed by atoms with Gasteiger partial charge in [0.1, 0.15) is 4.33 Å². The monoisotopic (exact) mass is 300 g/mol. The number of fused-ring (bicyclic) bond motifs is 1. The van der Waals surface area contributed by atoms with Crippen LogP contribution in [0.15, 0.2) is 35.2 Å². The van der Waals surface area contributed by atoms with Crippen LogP contribution < -0.4 is 0 Å². The minimum absolute atomic E-state index is 0.0673. The van der Waals surface area contributed by atoms with Crippen LogP contribution in [0, 0.1) is 5.92 Å². The molecule has 0 spiro atoms. The first-order valence-electron chi connectivity index (χ1n) is 6.79. The Hall–Kier alpha value is 0.150. The van der Waals surface area contributed by atoms with Crippen molar-refractivity contribution in [1.29, 1.82) is 0 Å². The summed E-state index contributed by atoms with van der Waals surface area (Å²) in [6.45, 7) is 0. The Balaban J connectivity index is 1.83. The van der Waals surface area contributed by atoms with E-state index in [-0.39, 0.29) is 4.75 Å².